The highest BCUT2D eigenvalue weighted by molar-refractivity contribution is 7.92. The molecule has 2 fully saturated rings. The number of rotatable bonds is 8. The molecule has 0 radical (unpaired) electrons. The Labute approximate surface area is 197 Å². The number of fused-ring (bicyclic) bond motifs is 1. The Morgan fingerprint density at radius 1 is 1.25 bits per heavy atom. The summed E-state index contributed by atoms with van der Waals surface area (Å²) in [5.41, 5.74) is 0.928. The quantitative estimate of drug-likeness (QED) is 0.430. The smallest absolute Gasteiger partial charge is 0.223 e. The zero-order valence-corrected chi connectivity index (χ0v) is 21.2. The summed E-state index contributed by atoms with van der Waals surface area (Å²) in [7, 11) is -3.05. The van der Waals surface area contributed by atoms with Crippen LogP contribution in [0.4, 0.5) is 0 Å². The second kappa shape index (κ2) is 8.91. The van der Waals surface area contributed by atoms with Gasteiger partial charge in [-0.25, -0.2) is 18.4 Å². The van der Waals surface area contributed by atoms with Crippen LogP contribution in [0.5, 0.6) is 5.88 Å². The van der Waals surface area contributed by atoms with E-state index in [0.29, 0.717) is 29.8 Å². The monoisotopic (exact) mass is 499 g/mol. The van der Waals surface area contributed by atoms with Crippen molar-refractivity contribution in [1.82, 2.24) is 14.7 Å². The van der Waals surface area contributed by atoms with E-state index in [1.54, 1.807) is 25.4 Å². The molecule has 4 rings (SSSR count). The van der Waals surface area contributed by atoms with Crippen molar-refractivity contribution < 1.29 is 17.7 Å². The van der Waals surface area contributed by atoms with Gasteiger partial charge in [-0.05, 0) is 51.0 Å². The van der Waals surface area contributed by atoms with E-state index < -0.39 is 25.9 Å². The first-order chi connectivity index (χ1) is 15.0. The molecule has 2 aliphatic rings. The van der Waals surface area contributed by atoms with Gasteiger partial charge in [0.05, 0.1) is 16.7 Å². The fourth-order valence-electron chi connectivity index (χ4n) is 3.88. The molecule has 0 unspecified atom stereocenters. The average Bonchev–Trinajstić information content (AvgIpc) is 3.52. The average molecular weight is 500 g/mol. The summed E-state index contributed by atoms with van der Waals surface area (Å²) in [6.07, 6.45) is 6.29. The van der Waals surface area contributed by atoms with Crippen molar-refractivity contribution in [3.63, 3.8) is 0 Å². The van der Waals surface area contributed by atoms with Gasteiger partial charge < -0.3 is 9.29 Å². The van der Waals surface area contributed by atoms with Gasteiger partial charge in [-0.1, -0.05) is 18.5 Å². The minimum atomic E-state index is -3.05. The Hall–Kier alpha value is -1.13. The van der Waals surface area contributed by atoms with Gasteiger partial charge in [0.25, 0.3) is 0 Å². The van der Waals surface area contributed by atoms with Gasteiger partial charge in [-0.3, -0.25) is 0 Å². The fraction of sp³-hybridized carbons (Fsp3) is 0.636. The lowest BCUT2D eigenvalue weighted by molar-refractivity contribution is 0.119. The molecule has 2 aliphatic carbocycles. The van der Waals surface area contributed by atoms with Crippen molar-refractivity contribution in [1.29, 1.82) is 0 Å². The maximum atomic E-state index is 12.8. The molecule has 2 atom stereocenters. The van der Waals surface area contributed by atoms with Crippen molar-refractivity contribution >= 4 is 43.6 Å². The largest absolute Gasteiger partial charge is 0.598 e. The second-order valence-corrected chi connectivity index (χ2v) is 14.6. The van der Waals surface area contributed by atoms with Gasteiger partial charge in [0, 0.05) is 47.9 Å². The zero-order valence-electron chi connectivity index (χ0n) is 18.8. The van der Waals surface area contributed by atoms with Crippen LogP contribution in [0.2, 0.25) is 5.15 Å². The Morgan fingerprint density at radius 3 is 2.53 bits per heavy atom. The highest BCUT2D eigenvalue weighted by Gasteiger charge is 2.41. The fourth-order valence-corrected chi connectivity index (χ4v) is 6.43. The number of nitrogens with one attached hydrogen (secondary N) is 1. The summed E-state index contributed by atoms with van der Waals surface area (Å²) in [6.45, 7) is 7.50. The summed E-state index contributed by atoms with van der Waals surface area (Å²) in [4.78, 5) is 8.79. The number of hydrogen-bond donors (Lipinski definition) is 1. The van der Waals surface area contributed by atoms with Crippen molar-refractivity contribution in [3.8, 4) is 5.88 Å². The molecule has 2 saturated carbocycles. The molecular formula is C22H30ClN3O4S2. The molecule has 1 N–H and O–H groups in total. The van der Waals surface area contributed by atoms with E-state index in [4.69, 9.17) is 16.3 Å². The first-order valence-corrected chi connectivity index (χ1v) is 14.2. The lowest BCUT2D eigenvalue weighted by atomic mass is 9.95. The molecule has 0 bridgehead atoms. The molecule has 10 heteroatoms. The third-order valence-electron chi connectivity index (χ3n) is 6.19. The minimum absolute atomic E-state index is 0.111. The Balaban J connectivity index is 1.62. The van der Waals surface area contributed by atoms with Gasteiger partial charge in [0.2, 0.25) is 5.88 Å². The standard InChI is InChI=1S/C22H30ClN3O4S2/c1-5-32(28,29)15-8-14(9-15)30-21-18-12-24-19(23)10-16(18)17(11-25-21)20(13-6-7-13)26-31(27)22(2,3)4/h10-15,20,26H,5-9H2,1-4H3/t14?,15?,20-,31-/m0/s1. The summed E-state index contributed by atoms with van der Waals surface area (Å²) in [5, 5.41) is 1.61. The highest BCUT2D eigenvalue weighted by Crippen LogP contribution is 2.45. The summed E-state index contributed by atoms with van der Waals surface area (Å²) in [6, 6.07) is 1.68. The predicted molar refractivity (Wildman–Crippen MR) is 128 cm³/mol. The van der Waals surface area contributed by atoms with E-state index in [-0.39, 0.29) is 23.1 Å². The molecule has 0 saturated heterocycles. The SMILES string of the molecule is CCS(=O)(=O)C1CC(Oc2ncc([C@@H](N[S@@+]([O-])C(C)(C)C)C3CC3)c3cc(Cl)ncc23)C1. The molecule has 2 aromatic heterocycles. The van der Waals surface area contributed by atoms with Crippen molar-refractivity contribution in [3.05, 3.63) is 29.2 Å². The third kappa shape index (κ3) is 5.01. The van der Waals surface area contributed by atoms with Gasteiger partial charge >= 0.3 is 0 Å². The lowest BCUT2D eigenvalue weighted by Crippen LogP contribution is -2.43. The van der Waals surface area contributed by atoms with E-state index in [1.165, 1.54) is 0 Å². The van der Waals surface area contributed by atoms with E-state index in [1.807, 2.05) is 20.8 Å². The van der Waals surface area contributed by atoms with E-state index >= 15 is 0 Å². The number of ether oxygens (including phenoxy) is 1. The maximum absolute atomic E-state index is 12.8. The molecule has 0 aromatic carbocycles. The number of sulfone groups is 1. The number of aromatic nitrogens is 2. The van der Waals surface area contributed by atoms with Gasteiger partial charge in [0.1, 0.15) is 16.0 Å². The Bertz CT molecular complexity index is 1100. The summed E-state index contributed by atoms with van der Waals surface area (Å²) < 4.78 is 46.0. The molecule has 32 heavy (non-hydrogen) atoms. The number of hydrogen-bond acceptors (Lipinski definition) is 7. The van der Waals surface area contributed by atoms with E-state index in [2.05, 4.69) is 14.7 Å². The first-order valence-electron chi connectivity index (χ1n) is 11.0. The molecule has 0 amide bonds. The van der Waals surface area contributed by atoms with Gasteiger partial charge in [-0.2, -0.15) is 0 Å². The Kier molecular flexibility index (Phi) is 6.68. The third-order valence-corrected chi connectivity index (χ3v) is 10.2. The number of halogens is 1. The normalized spacial score (nSPS) is 23.6. The Morgan fingerprint density at radius 2 is 1.94 bits per heavy atom. The van der Waals surface area contributed by atoms with Crippen LogP contribution in [0.1, 0.15) is 65.0 Å². The summed E-state index contributed by atoms with van der Waals surface area (Å²) in [5.74, 6) is 0.960. The predicted octanol–water partition coefficient (Wildman–Crippen LogP) is 4.13. The molecule has 2 heterocycles. The van der Waals surface area contributed by atoms with E-state index in [0.717, 1.165) is 29.2 Å². The second-order valence-electron chi connectivity index (χ2n) is 9.67. The van der Waals surface area contributed by atoms with Crippen LogP contribution in [-0.2, 0) is 21.2 Å². The van der Waals surface area contributed by atoms with Gasteiger partial charge in [0.15, 0.2) is 9.84 Å². The molecule has 0 aliphatic heterocycles. The van der Waals surface area contributed by atoms with Crippen LogP contribution in [0.3, 0.4) is 0 Å². The van der Waals surface area contributed by atoms with Crippen LogP contribution in [0.25, 0.3) is 10.8 Å². The van der Waals surface area contributed by atoms with Gasteiger partial charge in [-0.15, -0.1) is 4.72 Å². The van der Waals surface area contributed by atoms with Crippen molar-refractivity contribution in [2.75, 3.05) is 5.75 Å². The lowest BCUT2D eigenvalue weighted by Gasteiger charge is -2.34. The van der Waals surface area contributed by atoms with E-state index in [9.17, 15) is 13.0 Å². The number of nitrogens with zero attached hydrogens (tertiary/aromatic N) is 2. The van der Waals surface area contributed by atoms with Crippen LogP contribution in [-0.4, -0.2) is 44.8 Å². The molecular weight excluding hydrogens is 470 g/mol. The molecule has 176 valence electrons. The molecule has 7 nitrogen and oxygen atoms in total. The van der Waals surface area contributed by atoms with Crippen molar-refractivity contribution in [2.45, 2.75) is 75.5 Å². The first kappa shape index (κ1) is 24.0. The topological polar surface area (TPSA) is 104 Å². The maximum Gasteiger partial charge on any atom is 0.223 e. The zero-order chi connectivity index (χ0) is 23.3. The highest BCUT2D eigenvalue weighted by atomic mass is 35.5. The molecule has 2 aromatic rings. The van der Waals surface area contributed by atoms with Crippen LogP contribution in [0, 0.1) is 5.92 Å². The molecule has 0 spiro atoms. The van der Waals surface area contributed by atoms with Crippen LogP contribution in [0.15, 0.2) is 18.5 Å². The summed E-state index contributed by atoms with van der Waals surface area (Å²) >= 11 is 5.00. The van der Waals surface area contributed by atoms with Crippen LogP contribution < -0.4 is 9.46 Å². The number of pyridine rings is 2. The minimum Gasteiger partial charge on any atom is -0.598 e. The van der Waals surface area contributed by atoms with Crippen molar-refractivity contribution in [2.24, 2.45) is 5.92 Å². The van der Waals surface area contributed by atoms with Crippen LogP contribution >= 0.6 is 11.6 Å².